The molecule has 2 aromatic heterocycles. The number of aromatic nitrogens is 3. The van der Waals surface area contributed by atoms with E-state index < -0.39 is 0 Å². The van der Waals surface area contributed by atoms with E-state index in [0.29, 0.717) is 17.5 Å². The molecule has 2 aliphatic carbocycles. The number of fused-ring (bicyclic) bond motifs is 8. The standard InChI is InChI=1S/C45H33N3O/c1-3-12-30(13-4-1)42-46-43(48-44(47-42)32-24-25-40-37(28-32)35-15-6-8-19-39(35)49-40)31-22-20-29(21-23-31)33-16-11-17-36-34-14-5-7-18-38(34)45(41(33)36)26-9-2-10-27-45/h1,3-8,11-25,28H,2,9-10,26-27H2. The first kappa shape index (κ1) is 28.2. The highest BCUT2D eigenvalue weighted by atomic mass is 16.3. The van der Waals surface area contributed by atoms with E-state index in [1.54, 1.807) is 0 Å². The molecule has 0 atom stereocenters. The van der Waals surface area contributed by atoms with Crippen molar-refractivity contribution in [2.45, 2.75) is 37.5 Å². The number of nitrogens with zero attached hydrogens (tertiary/aromatic N) is 3. The lowest BCUT2D eigenvalue weighted by molar-refractivity contribution is 0.353. The van der Waals surface area contributed by atoms with Crippen LogP contribution in [0.5, 0.6) is 0 Å². The van der Waals surface area contributed by atoms with Crippen molar-refractivity contribution in [1.29, 1.82) is 0 Å². The lowest BCUT2D eigenvalue weighted by atomic mass is 9.66. The lowest BCUT2D eigenvalue weighted by Crippen LogP contribution is -2.28. The fraction of sp³-hybridized carbons (Fsp3) is 0.133. The molecule has 0 N–H and O–H groups in total. The van der Waals surface area contributed by atoms with Gasteiger partial charge in [0.2, 0.25) is 0 Å². The van der Waals surface area contributed by atoms with Crippen molar-refractivity contribution in [2.24, 2.45) is 0 Å². The Kier molecular flexibility index (Phi) is 6.38. The highest BCUT2D eigenvalue weighted by Gasteiger charge is 2.45. The molecular formula is C45H33N3O. The van der Waals surface area contributed by atoms with Crippen molar-refractivity contribution in [3.8, 4) is 56.4 Å². The largest absolute Gasteiger partial charge is 0.456 e. The number of hydrogen-bond donors (Lipinski definition) is 0. The van der Waals surface area contributed by atoms with Gasteiger partial charge in [0.1, 0.15) is 11.2 Å². The zero-order valence-corrected chi connectivity index (χ0v) is 27.1. The van der Waals surface area contributed by atoms with Crippen LogP contribution in [-0.2, 0) is 5.41 Å². The second-order valence-electron chi connectivity index (χ2n) is 13.5. The van der Waals surface area contributed by atoms with Gasteiger partial charge >= 0.3 is 0 Å². The molecule has 2 aliphatic rings. The fourth-order valence-electron chi connectivity index (χ4n) is 8.49. The Morgan fingerprint density at radius 3 is 1.84 bits per heavy atom. The molecule has 49 heavy (non-hydrogen) atoms. The summed E-state index contributed by atoms with van der Waals surface area (Å²) in [6.07, 6.45) is 6.29. The van der Waals surface area contributed by atoms with Gasteiger partial charge in [-0.1, -0.05) is 135 Å². The van der Waals surface area contributed by atoms with Crippen LogP contribution in [0, 0.1) is 0 Å². The third kappa shape index (κ3) is 4.48. The molecule has 0 unspecified atom stereocenters. The molecule has 234 valence electrons. The maximum atomic E-state index is 6.11. The summed E-state index contributed by atoms with van der Waals surface area (Å²) in [6.45, 7) is 0. The van der Waals surface area contributed by atoms with Gasteiger partial charge in [-0.05, 0) is 70.5 Å². The van der Waals surface area contributed by atoms with Crippen molar-refractivity contribution in [2.75, 3.05) is 0 Å². The van der Waals surface area contributed by atoms with Crippen LogP contribution in [0.25, 0.3) is 78.4 Å². The highest BCUT2D eigenvalue weighted by Crippen LogP contribution is 2.58. The van der Waals surface area contributed by atoms with Crippen LogP contribution >= 0.6 is 0 Å². The fourth-order valence-corrected chi connectivity index (χ4v) is 8.49. The van der Waals surface area contributed by atoms with Gasteiger partial charge in [-0.15, -0.1) is 0 Å². The van der Waals surface area contributed by atoms with Gasteiger partial charge in [-0.3, -0.25) is 0 Å². The van der Waals surface area contributed by atoms with E-state index in [1.807, 2.05) is 60.7 Å². The molecule has 6 aromatic carbocycles. The first-order valence-electron chi connectivity index (χ1n) is 17.3. The van der Waals surface area contributed by atoms with E-state index in [4.69, 9.17) is 19.4 Å². The molecule has 8 aromatic rings. The molecule has 4 nitrogen and oxygen atoms in total. The zero-order chi connectivity index (χ0) is 32.4. The summed E-state index contributed by atoms with van der Waals surface area (Å²) in [4.78, 5) is 15.1. The Bertz CT molecular complexity index is 2520. The van der Waals surface area contributed by atoms with E-state index in [9.17, 15) is 0 Å². The van der Waals surface area contributed by atoms with Crippen molar-refractivity contribution < 1.29 is 4.42 Å². The van der Waals surface area contributed by atoms with Crippen LogP contribution in [0.4, 0.5) is 0 Å². The summed E-state index contributed by atoms with van der Waals surface area (Å²) in [5, 5.41) is 2.13. The molecular weight excluding hydrogens is 599 g/mol. The summed E-state index contributed by atoms with van der Waals surface area (Å²) in [6, 6.07) is 49.3. The van der Waals surface area contributed by atoms with Gasteiger partial charge in [-0.2, -0.15) is 0 Å². The maximum Gasteiger partial charge on any atom is 0.164 e. The number of hydrogen-bond acceptors (Lipinski definition) is 4. The number of rotatable bonds is 4. The number of benzene rings is 6. The lowest BCUT2D eigenvalue weighted by Gasteiger charge is -2.37. The van der Waals surface area contributed by atoms with Crippen LogP contribution in [0.15, 0.2) is 144 Å². The zero-order valence-electron chi connectivity index (χ0n) is 27.1. The van der Waals surface area contributed by atoms with Gasteiger partial charge in [0, 0.05) is 32.9 Å². The second kappa shape index (κ2) is 11.1. The molecule has 0 bridgehead atoms. The van der Waals surface area contributed by atoms with Gasteiger partial charge in [-0.25, -0.2) is 15.0 Å². The molecule has 10 rings (SSSR count). The van der Waals surface area contributed by atoms with Crippen molar-refractivity contribution >= 4 is 21.9 Å². The Hall–Kier alpha value is -5.87. The van der Waals surface area contributed by atoms with Crippen LogP contribution in [-0.4, -0.2) is 15.0 Å². The minimum absolute atomic E-state index is 0.0918. The predicted octanol–water partition coefficient (Wildman–Crippen LogP) is 11.7. The monoisotopic (exact) mass is 631 g/mol. The molecule has 4 heteroatoms. The third-order valence-electron chi connectivity index (χ3n) is 10.7. The highest BCUT2D eigenvalue weighted by molar-refractivity contribution is 6.06. The van der Waals surface area contributed by atoms with Crippen LogP contribution < -0.4 is 0 Å². The molecule has 1 spiro atoms. The van der Waals surface area contributed by atoms with Crippen molar-refractivity contribution in [3.05, 3.63) is 151 Å². The molecule has 0 amide bonds. The van der Waals surface area contributed by atoms with Gasteiger partial charge in [0.05, 0.1) is 0 Å². The van der Waals surface area contributed by atoms with Crippen molar-refractivity contribution in [3.63, 3.8) is 0 Å². The number of para-hydroxylation sites is 1. The summed E-state index contributed by atoms with van der Waals surface area (Å²) in [7, 11) is 0. The molecule has 0 aliphatic heterocycles. The molecule has 0 radical (unpaired) electrons. The number of furan rings is 1. The van der Waals surface area contributed by atoms with E-state index in [1.165, 1.54) is 65.5 Å². The predicted molar refractivity (Wildman–Crippen MR) is 198 cm³/mol. The normalized spacial score (nSPS) is 14.7. The average molecular weight is 632 g/mol. The van der Waals surface area contributed by atoms with E-state index in [-0.39, 0.29) is 5.41 Å². The molecule has 1 saturated carbocycles. The van der Waals surface area contributed by atoms with E-state index in [0.717, 1.165) is 38.6 Å². The molecule has 2 heterocycles. The molecule has 1 fully saturated rings. The Labute approximate surface area is 285 Å². The quantitative estimate of drug-likeness (QED) is 0.194. The summed E-state index contributed by atoms with van der Waals surface area (Å²) < 4.78 is 6.11. The topological polar surface area (TPSA) is 51.8 Å². The maximum absolute atomic E-state index is 6.11. The SMILES string of the molecule is c1ccc(-c2nc(-c3ccc(-c4cccc5c4C4(CCCCC4)c4ccccc4-5)cc3)nc(-c3ccc4oc5ccccc5c4c3)n2)cc1. The summed E-state index contributed by atoms with van der Waals surface area (Å²) in [5.74, 6) is 1.94. The van der Waals surface area contributed by atoms with Gasteiger partial charge in [0.15, 0.2) is 17.5 Å². The second-order valence-corrected chi connectivity index (χ2v) is 13.5. The summed E-state index contributed by atoms with van der Waals surface area (Å²) in [5.41, 5.74) is 13.1. The van der Waals surface area contributed by atoms with Crippen LogP contribution in [0.3, 0.4) is 0 Å². The Balaban J connectivity index is 1.09. The van der Waals surface area contributed by atoms with Gasteiger partial charge < -0.3 is 4.42 Å². The first-order valence-corrected chi connectivity index (χ1v) is 17.3. The minimum atomic E-state index is 0.0918. The van der Waals surface area contributed by atoms with Gasteiger partial charge in [0.25, 0.3) is 0 Å². The van der Waals surface area contributed by atoms with Crippen LogP contribution in [0.2, 0.25) is 0 Å². The van der Waals surface area contributed by atoms with Crippen LogP contribution in [0.1, 0.15) is 43.2 Å². The van der Waals surface area contributed by atoms with Crippen molar-refractivity contribution in [1.82, 2.24) is 15.0 Å². The first-order chi connectivity index (χ1) is 24.2. The van der Waals surface area contributed by atoms with E-state index >= 15 is 0 Å². The van der Waals surface area contributed by atoms with E-state index in [2.05, 4.69) is 78.9 Å². The third-order valence-corrected chi connectivity index (χ3v) is 10.7. The smallest absolute Gasteiger partial charge is 0.164 e. The summed E-state index contributed by atoms with van der Waals surface area (Å²) >= 11 is 0. The average Bonchev–Trinajstić information content (AvgIpc) is 3.68. The Morgan fingerprint density at radius 1 is 0.429 bits per heavy atom. The molecule has 0 saturated heterocycles. The minimum Gasteiger partial charge on any atom is -0.456 e. The Morgan fingerprint density at radius 2 is 1.02 bits per heavy atom.